The topological polar surface area (TPSA) is 12.5 Å². The summed E-state index contributed by atoms with van der Waals surface area (Å²) in [5, 5.41) is 0. The zero-order chi connectivity index (χ0) is 15.9. The third kappa shape index (κ3) is 2.20. The van der Waals surface area contributed by atoms with Gasteiger partial charge in [0.25, 0.3) is 0 Å². The van der Waals surface area contributed by atoms with E-state index < -0.39 is 0 Å². The van der Waals surface area contributed by atoms with Crippen molar-refractivity contribution >= 4 is 0 Å². The number of benzene rings is 3. The van der Waals surface area contributed by atoms with Crippen LogP contribution in [-0.4, -0.2) is 0 Å². The summed E-state index contributed by atoms with van der Waals surface area (Å²) in [5.41, 5.74) is 5.99. The van der Waals surface area contributed by atoms with Crippen LogP contribution in [0.15, 0.2) is 78.9 Å². The Balaban J connectivity index is 1.89. The van der Waals surface area contributed by atoms with E-state index in [1.165, 1.54) is 27.8 Å². The van der Waals surface area contributed by atoms with Crippen LogP contribution in [0.1, 0.15) is 33.9 Å². The molecular formula is C22H20O. The van der Waals surface area contributed by atoms with Crippen LogP contribution in [-0.2, 0) is 10.3 Å². The summed E-state index contributed by atoms with van der Waals surface area (Å²) in [7, 11) is 0. The van der Waals surface area contributed by atoms with Gasteiger partial charge in [-0.05, 0) is 41.7 Å². The molecule has 1 aliphatic rings. The first-order valence-corrected chi connectivity index (χ1v) is 8.08. The van der Waals surface area contributed by atoms with Crippen molar-refractivity contribution < 1.29 is 4.74 Å². The molecule has 3 aromatic carbocycles. The highest BCUT2D eigenvalue weighted by molar-refractivity contribution is 5.51. The molecule has 1 saturated heterocycles. The predicted molar refractivity (Wildman–Crippen MR) is 93.4 cm³/mol. The second kappa shape index (κ2) is 5.36. The second-order valence-electron chi connectivity index (χ2n) is 6.26. The molecule has 0 amide bonds. The third-order valence-electron chi connectivity index (χ3n) is 4.93. The van der Waals surface area contributed by atoms with Crippen molar-refractivity contribution in [3.63, 3.8) is 0 Å². The smallest absolute Gasteiger partial charge is 0.150 e. The number of aryl methyl sites for hydroxylation is 1. The van der Waals surface area contributed by atoms with Crippen LogP contribution in [0.4, 0.5) is 0 Å². The molecule has 1 nitrogen and oxygen atoms in total. The fraction of sp³-hybridized carbons (Fsp3) is 0.182. The predicted octanol–water partition coefficient (Wildman–Crippen LogP) is 5.32. The Morgan fingerprint density at radius 2 is 1.39 bits per heavy atom. The average molecular weight is 300 g/mol. The normalized spacial score (nSPS) is 22.8. The first kappa shape index (κ1) is 14.2. The molecule has 0 N–H and O–H groups in total. The first-order valence-electron chi connectivity index (χ1n) is 8.08. The Kier molecular flexibility index (Phi) is 3.32. The lowest BCUT2D eigenvalue weighted by molar-refractivity contribution is 0.328. The van der Waals surface area contributed by atoms with Crippen LogP contribution in [0.3, 0.4) is 0 Å². The van der Waals surface area contributed by atoms with Crippen LogP contribution in [0.2, 0.25) is 0 Å². The van der Waals surface area contributed by atoms with E-state index in [0.29, 0.717) is 0 Å². The van der Waals surface area contributed by atoms with Crippen LogP contribution in [0.5, 0.6) is 0 Å². The van der Waals surface area contributed by atoms with Crippen molar-refractivity contribution in [2.45, 2.75) is 25.6 Å². The zero-order valence-electron chi connectivity index (χ0n) is 13.5. The quantitative estimate of drug-likeness (QED) is 0.596. The Morgan fingerprint density at radius 1 is 0.739 bits per heavy atom. The largest absolute Gasteiger partial charge is 0.351 e. The molecule has 1 aliphatic heterocycles. The first-order chi connectivity index (χ1) is 11.2. The van der Waals surface area contributed by atoms with Gasteiger partial charge in [0.05, 0.1) is 0 Å². The summed E-state index contributed by atoms with van der Waals surface area (Å²) < 4.78 is 6.40. The van der Waals surface area contributed by atoms with E-state index in [2.05, 4.69) is 86.6 Å². The van der Waals surface area contributed by atoms with Gasteiger partial charge >= 0.3 is 0 Å². The van der Waals surface area contributed by atoms with Gasteiger partial charge in [0.2, 0.25) is 0 Å². The lowest BCUT2D eigenvalue weighted by Gasteiger charge is -2.18. The summed E-state index contributed by atoms with van der Waals surface area (Å²) in [5.74, 6) is 0. The lowest BCUT2D eigenvalue weighted by atomic mass is 9.82. The molecule has 114 valence electrons. The average Bonchev–Trinajstić information content (AvgIpc) is 3.36. The molecule has 1 heteroatoms. The molecule has 0 aromatic heterocycles. The maximum Gasteiger partial charge on any atom is 0.150 e. The molecule has 23 heavy (non-hydrogen) atoms. The van der Waals surface area contributed by atoms with E-state index in [1.54, 1.807) is 0 Å². The van der Waals surface area contributed by atoms with E-state index in [4.69, 9.17) is 4.74 Å². The van der Waals surface area contributed by atoms with E-state index in [-0.39, 0.29) is 11.7 Å². The van der Waals surface area contributed by atoms with Gasteiger partial charge < -0.3 is 4.74 Å². The lowest BCUT2D eigenvalue weighted by Crippen LogP contribution is -2.14. The van der Waals surface area contributed by atoms with Crippen LogP contribution < -0.4 is 0 Å². The summed E-state index contributed by atoms with van der Waals surface area (Å²) in [6.45, 7) is 4.36. The molecule has 0 radical (unpaired) electrons. The molecule has 4 rings (SSSR count). The van der Waals surface area contributed by atoms with Crippen LogP contribution in [0.25, 0.3) is 0 Å². The Labute approximate surface area is 137 Å². The van der Waals surface area contributed by atoms with E-state index >= 15 is 0 Å². The molecule has 0 spiro atoms. The molecule has 1 heterocycles. The summed E-state index contributed by atoms with van der Waals surface area (Å²) in [6, 6.07) is 27.6. The van der Waals surface area contributed by atoms with Gasteiger partial charge in [-0.15, -0.1) is 0 Å². The molecule has 0 saturated carbocycles. The molecule has 0 aliphatic carbocycles. The molecule has 0 bridgehead atoms. The fourth-order valence-electron chi connectivity index (χ4n) is 3.50. The minimum Gasteiger partial charge on any atom is -0.351 e. The van der Waals surface area contributed by atoms with Crippen molar-refractivity contribution in [1.82, 2.24) is 0 Å². The van der Waals surface area contributed by atoms with Gasteiger partial charge in [0.1, 0.15) is 11.7 Å². The highest BCUT2D eigenvalue weighted by Crippen LogP contribution is 2.61. The van der Waals surface area contributed by atoms with Gasteiger partial charge in [-0.1, -0.05) is 78.9 Å². The molecule has 2 unspecified atom stereocenters. The Hall–Kier alpha value is -2.38. The standard InChI is InChI=1S/C22H20O/c1-16-10-9-15-20(17(16)2)22(19-13-7-4-8-14-19)21(23-22)18-11-5-3-6-12-18/h3-15,21H,1-2H3. The number of epoxide rings is 1. The minimum atomic E-state index is -0.362. The van der Waals surface area contributed by atoms with Gasteiger partial charge in [0, 0.05) is 0 Å². The Morgan fingerprint density at radius 3 is 2.09 bits per heavy atom. The van der Waals surface area contributed by atoms with Crippen molar-refractivity contribution in [3.05, 3.63) is 107 Å². The fourth-order valence-corrected chi connectivity index (χ4v) is 3.50. The second-order valence-corrected chi connectivity index (χ2v) is 6.26. The summed E-state index contributed by atoms with van der Waals surface area (Å²) in [4.78, 5) is 0. The molecule has 2 atom stereocenters. The van der Waals surface area contributed by atoms with E-state index in [1.807, 2.05) is 6.07 Å². The monoisotopic (exact) mass is 300 g/mol. The maximum absolute atomic E-state index is 6.40. The molecular weight excluding hydrogens is 280 g/mol. The highest BCUT2D eigenvalue weighted by Gasteiger charge is 2.60. The number of hydrogen-bond donors (Lipinski definition) is 0. The number of rotatable bonds is 3. The highest BCUT2D eigenvalue weighted by atomic mass is 16.6. The number of hydrogen-bond acceptors (Lipinski definition) is 1. The maximum atomic E-state index is 6.40. The van der Waals surface area contributed by atoms with Gasteiger partial charge in [-0.3, -0.25) is 0 Å². The van der Waals surface area contributed by atoms with Crippen LogP contribution in [0, 0.1) is 13.8 Å². The third-order valence-corrected chi connectivity index (χ3v) is 4.93. The van der Waals surface area contributed by atoms with E-state index in [9.17, 15) is 0 Å². The minimum absolute atomic E-state index is 0.0756. The zero-order valence-corrected chi connectivity index (χ0v) is 13.5. The van der Waals surface area contributed by atoms with Crippen molar-refractivity contribution in [2.24, 2.45) is 0 Å². The number of ether oxygens (including phenoxy) is 1. The summed E-state index contributed by atoms with van der Waals surface area (Å²) >= 11 is 0. The SMILES string of the molecule is Cc1cccc(C2(c3ccccc3)OC2c2ccccc2)c1C. The van der Waals surface area contributed by atoms with Crippen molar-refractivity contribution in [3.8, 4) is 0 Å². The van der Waals surface area contributed by atoms with Gasteiger partial charge in [-0.2, -0.15) is 0 Å². The Bertz CT molecular complexity index is 823. The van der Waals surface area contributed by atoms with Crippen LogP contribution >= 0.6 is 0 Å². The summed E-state index contributed by atoms with van der Waals surface area (Å²) in [6.07, 6.45) is 0.0756. The molecule has 3 aromatic rings. The van der Waals surface area contributed by atoms with Crippen molar-refractivity contribution in [2.75, 3.05) is 0 Å². The van der Waals surface area contributed by atoms with Gasteiger partial charge in [0.15, 0.2) is 0 Å². The van der Waals surface area contributed by atoms with Gasteiger partial charge in [-0.25, -0.2) is 0 Å². The van der Waals surface area contributed by atoms with E-state index in [0.717, 1.165) is 0 Å². The van der Waals surface area contributed by atoms with Crippen molar-refractivity contribution in [1.29, 1.82) is 0 Å². The molecule has 1 fully saturated rings.